The van der Waals surface area contributed by atoms with Crippen LogP contribution in [0, 0.1) is 6.07 Å². The molecule has 1 radical (unpaired) electrons. The van der Waals surface area contributed by atoms with E-state index >= 15 is 0 Å². The summed E-state index contributed by atoms with van der Waals surface area (Å²) in [6.45, 7) is 0. The molecule has 0 heteroatoms. The lowest BCUT2D eigenvalue weighted by Gasteiger charge is -2.17. The van der Waals surface area contributed by atoms with E-state index in [1.807, 2.05) is 0 Å². The second kappa shape index (κ2) is 5.75. The van der Waals surface area contributed by atoms with Crippen molar-refractivity contribution in [2.45, 2.75) is 0 Å². The molecule has 0 nitrogen and oxygen atoms in total. The standard InChI is InChI=1S/C32H17/c1-3-19-7-9-23-11-15-25(27-17-13-21(5-1)29(19)31(23)27)26-16-12-24-10-8-20-4-2-6-22-14-18-28(26)32(24)30(20)22/h1-15,17-18H. The Morgan fingerprint density at radius 2 is 0.844 bits per heavy atom. The average Bonchev–Trinajstić information content (AvgIpc) is 2.86. The molecule has 0 aromatic heterocycles. The zero-order chi connectivity index (χ0) is 20.8. The molecule has 8 aromatic carbocycles. The van der Waals surface area contributed by atoms with Gasteiger partial charge in [0, 0.05) is 0 Å². The zero-order valence-corrected chi connectivity index (χ0v) is 17.3. The predicted octanol–water partition coefficient (Wildman–Crippen LogP) is 8.95. The molecule has 0 heterocycles. The van der Waals surface area contributed by atoms with Crippen molar-refractivity contribution < 1.29 is 0 Å². The van der Waals surface area contributed by atoms with Crippen molar-refractivity contribution in [3.8, 4) is 11.1 Å². The number of hydrogen-bond acceptors (Lipinski definition) is 0. The minimum atomic E-state index is 1.19. The van der Waals surface area contributed by atoms with Crippen molar-refractivity contribution >= 4 is 64.6 Å². The van der Waals surface area contributed by atoms with Crippen molar-refractivity contribution in [2.24, 2.45) is 0 Å². The van der Waals surface area contributed by atoms with Crippen LogP contribution in [0.3, 0.4) is 0 Å². The van der Waals surface area contributed by atoms with Gasteiger partial charge in [-0.05, 0) is 87.9 Å². The van der Waals surface area contributed by atoms with Crippen LogP contribution in [0.15, 0.2) is 103 Å². The summed E-state index contributed by atoms with van der Waals surface area (Å²) in [7, 11) is 0. The molecule has 0 saturated heterocycles. The molecule has 32 heavy (non-hydrogen) atoms. The summed E-state index contributed by atoms with van der Waals surface area (Å²) in [5.41, 5.74) is 2.45. The number of benzene rings is 8. The molecular formula is C32H17. The Kier molecular flexibility index (Phi) is 2.97. The summed E-state index contributed by atoms with van der Waals surface area (Å²) >= 11 is 0. The van der Waals surface area contributed by atoms with Gasteiger partial charge in [-0.1, -0.05) is 97.1 Å². The van der Waals surface area contributed by atoms with Gasteiger partial charge in [0.25, 0.3) is 0 Å². The third kappa shape index (κ3) is 1.98. The predicted molar refractivity (Wildman–Crippen MR) is 138 cm³/mol. The van der Waals surface area contributed by atoms with Crippen LogP contribution in [0.25, 0.3) is 75.8 Å². The Morgan fingerprint density at radius 3 is 1.50 bits per heavy atom. The maximum absolute atomic E-state index is 3.66. The van der Waals surface area contributed by atoms with Crippen molar-refractivity contribution in [2.75, 3.05) is 0 Å². The fourth-order valence-electron chi connectivity index (χ4n) is 5.84. The fraction of sp³-hybridized carbons (Fsp3) is 0. The summed E-state index contributed by atoms with van der Waals surface area (Å²) in [6.07, 6.45) is 0. The van der Waals surface area contributed by atoms with E-state index in [-0.39, 0.29) is 0 Å². The largest absolute Gasteiger partial charge is 0.0610 e. The maximum atomic E-state index is 3.66. The van der Waals surface area contributed by atoms with Gasteiger partial charge < -0.3 is 0 Å². The molecule has 0 aliphatic rings. The summed E-state index contributed by atoms with van der Waals surface area (Å²) in [4.78, 5) is 0. The first-order valence-corrected chi connectivity index (χ1v) is 11.1. The van der Waals surface area contributed by atoms with Gasteiger partial charge >= 0.3 is 0 Å². The molecule has 0 unspecified atom stereocenters. The van der Waals surface area contributed by atoms with Crippen LogP contribution < -0.4 is 0 Å². The van der Waals surface area contributed by atoms with Crippen LogP contribution in [0.2, 0.25) is 0 Å². The number of rotatable bonds is 1. The molecule has 0 amide bonds. The van der Waals surface area contributed by atoms with E-state index in [2.05, 4.69) is 109 Å². The van der Waals surface area contributed by atoms with E-state index in [0.29, 0.717) is 0 Å². The second-order valence-corrected chi connectivity index (χ2v) is 8.85. The highest BCUT2D eigenvalue weighted by Gasteiger charge is 2.16. The maximum Gasteiger partial charge on any atom is -0.00197 e. The van der Waals surface area contributed by atoms with Crippen molar-refractivity contribution in [1.82, 2.24) is 0 Å². The third-order valence-electron chi connectivity index (χ3n) is 7.25. The summed E-state index contributed by atoms with van der Waals surface area (Å²) in [6, 6.07) is 41.6. The summed E-state index contributed by atoms with van der Waals surface area (Å²) < 4.78 is 0. The first kappa shape index (κ1) is 16.5. The molecule has 145 valence electrons. The van der Waals surface area contributed by atoms with Crippen LogP contribution in [-0.2, 0) is 0 Å². The SMILES string of the molecule is [c]1cc2ccc3cccc4ccc(c1-c1ccc5ccc6cccc7ccc1c5c67)c2c34. The van der Waals surface area contributed by atoms with Gasteiger partial charge in [-0.25, -0.2) is 0 Å². The molecule has 0 aliphatic carbocycles. The lowest BCUT2D eigenvalue weighted by Crippen LogP contribution is -1.90. The van der Waals surface area contributed by atoms with Crippen LogP contribution >= 0.6 is 0 Å². The molecule has 0 bridgehead atoms. The third-order valence-corrected chi connectivity index (χ3v) is 7.25. The topological polar surface area (TPSA) is 0 Å². The zero-order valence-electron chi connectivity index (χ0n) is 17.3. The molecule has 8 rings (SSSR count). The van der Waals surface area contributed by atoms with Crippen molar-refractivity contribution in [3.05, 3.63) is 109 Å². The van der Waals surface area contributed by atoms with Gasteiger partial charge in [0.2, 0.25) is 0 Å². The first-order chi connectivity index (χ1) is 15.9. The van der Waals surface area contributed by atoms with Gasteiger partial charge in [-0.15, -0.1) is 0 Å². The molecule has 0 aliphatic heterocycles. The highest BCUT2D eigenvalue weighted by Crippen LogP contribution is 2.43. The van der Waals surface area contributed by atoms with Gasteiger partial charge in [0.1, 0.15) is 0 Å². The van der Waals surface area contributed by atoms with Crippen molar-refractivity contribution in [3.63, 3.8) is 0 Å². The van der Waals surface area contributed by atoms with E-state index in [1.54, 1.807) is 0 Å². The minimum absolute atomic E-state index is 1.19. The van der Waals surface area contributed by atoms with Gasteiger partial charge in [0.15, 0.2) is 0 Å². The lowest BCUT2D eigenvalue weighted by molar-refractivity contribution is 1.71. The van der Waals surface area contributed by atoms with E-state index in [9.17, 15) is 0 Å². The van der Waals surface area contributed by atoms with Gasteiger partial charge in [0.05, 0.1) is 0 Å². The van der Waals surface area contributed by atoms with Crippen LogP contribution in [0.4, 0.5) is 0 Å². The first-order valence-electron chi connectivity index (χ1n) is 11.1. The smallest absolute Gasteiger partial charge is 0.00197 e. The highest BCUT2D eigenvalue weighted by atomic mass is 14.2. The Labute approximate surface area is 185 Å². The molecule has 0 atom stereocenters. The van der Waals surface area contributed by atoms with E-state index in [0.717, 1.165) is 0 Å². The van der Waals surface area contributed by atoms with Gasteiger partial charge in [-0.3, -0.25) is 0 Å². The average molecular weight is 401 g/mol. The Balaban J connectivity index is 1.56. The molecule has 8 aromatic rings. The molecule has 0 fully saturated rings. The monoisotopic (exact) mass is 401 g/mol. The van der Waals surface area contributed by atoms with Crippen LogP contribution in [0.5, 0.6) is 0 Å². The highest BCUT2D eigenvalue weighted by molar-refractivity contribution is 6.29. The van der Waals surface area contributed by atoms with E-state index in [4.69, 9.17) is 0 Å². The van der Waals surface area contributed by atoms with Crippen LogP contribution in [-0.4, -0.2) is 0 Å². The summed E-state index contributed by atoms with van der Waals surface area (Å²) in [5.74, 6) is 0. The normalized spacial score (nSPS) is 12.4. The molecule has 0 N–H and O–H groups in total. The van der Waals surface area contributed by atoms with Crippen LogP contribution in [0.1, 0.15) is 0 Å². The van der Waals surface area contributed by atoms with E-state index in [1.165, 1.54) is 75.8 Å². The quantitative estimate of drug-likeness (QED) is 0.241. The minimum Gasteiger partial charge on any atom is -0.0610 e. The second-order valence-electron chi connectivity index (χ2n) is 8.85. The lowest BCUT2D eigenvalue weighted by atomic mass is 9.86. The summed E-state index contributed by atoms with van der Waals surface area (Å²) in [5, 5.41) is 15.8. The van der Waals surface area contributed by atoms with Crippen molar-refractivity contribution in [1.29, 1.82) is 0 Å². The van der Waals surface area contributed by atoms with E-state index < -0.39 is 0 Å². The molecule has 0 spiro atoms. The van der Waals surface area contributed by atoms with Gasteiger partial charge in [-0.2, -0.15) is 0 Å². The Hall–Kier alpha value is -4.16. The Morgan fingerprint density at radius 1 is 0.375 bits per heavy atom. The Bertz CT molecular complexity index is 1800. The molecule has 0 saturated carbocycles. The molecular weight excluding hydrogens is 384 g/mol. The fourth-order valence-corrected chi connectivity index (χ4v) is 5.84. The number of hydrogen-bond donors (Lipinski definition) is 0.